The monoisotopic (exact) mass is 352 g/mol. The van der Waals surface area contributed by atoms with Crippen molar-refractivity contribution in [3.8, 4) is 0 Å². The lowest BCUT2D eigenvalue weighted by Crippen LogP contribution is -2.21. The number of hydrogen-bond acceptors (Lipinski definition) is 3. The largest absolute Gasteiger partial charge is 0.370 e. The molecule has 4 heteroatoms. The Morgan fingerprint density at radius 3 is 2.85 bits per heavy atom. The van der Waals surface area contributed by atoms with Gasteiger partial charge in [0.1, 0.15) is 0 Å². The van der Waals surface area contributed by atoms with Crippen molar-refractivity contribution in [2.75, 3.05) is 18.5 Å². The Balaban J connectivity index is 2.12. The van der Waals surface area contributed by atoms with E-state index in [1.807, 2.05) is 0 Å². The van der Waals surface area contributed by atoms with Gasteiger partial charge in [-0.3, -0.25) is 0 Å². The number of benzene rings is 1. The van der Waals surface area contributed by atoms with Gasteiger partial charge in [-0.05, 0) is 59.1 Å². The van der Waals surface area contributed by atoms with Crippen LogP contribution in [-0.2, 0) is 13.1 Å². The standard InChI is InChI=1S/C16H21BrN2S/c1-3-7-18-10-14-9-15(17)4-5-16(14)19(2)11-13-6-8-20-12-13/h4-6,8-9,12,18H,3,7,10-11H2,1-2H3. The van der Waals surface area contributed by atoms with Crippen molar-refractivity contribution in [3.63, 3.8) is 0 Å². The molecule has 0 saturated heterocycles. The van der Waals surface area contributed by atoms with E-state index in [1.54, 1.807) is 11.3 Å². The molecular formula is C16H21BrN2S. The van der Waals surface area contributed by atoms with Crippen LogP contribution in [0.5, 0.6) is 0 Å². The van der Waals surface area contributed by atoms with Crippen LogP contribution in [0.3, 0.4) is 0 Å². The van der Waals surface area contributed by atoms with E-state index in [2.05, 4.69) is 75.1 Å². The third-order valence-corrected chi connectivity index (χ3v) is 4.42. The van der Waals surface area contributed by atoms with Crippen LogP contribution in [0.4, 0.5) is 5.69 Å². The van der Waals surface area contributed by atoms with E-state index in [1.165, 1.54) is 16.8 Å². The molecule has 2 aromatic rings. The molecule has 0 saturated carbocycles. The Hall–Kier alpha value is -0.840. The van der Waals surface area contributed by atoms with E-state index >= 15 is 0 Å². The fourth-order valence-electron chi connectivity index (χ4n) is 2.21. The Morgan fingerprint density at radius 2 is 2.15 bits per heavy atom. The first-order valence-electron chi connectivity index (χ1n) is 6.92. The molecule has 0 spiro atoms. The molecular weight excluding hydrogens is 332 g/mol. The summed E-state index contributed by atoms with van der Waals surface area (Å²) < 4.78 is 1.14. The minimum absolute atomic E-state index is 0.913. The Bertz CT molecular complexity index is 525. The minimum atomic E-state index is 0.913. The molecule has 0 bridgehead atoms. The highest BCUT2D eigenvalue weighted by Gasteiger charge is 2.09. The summed E-state index contributed by atoms with van der Waals surface area (Å²) in [5, 5.41) is 7.83. The highest BCUT2D eigenvalue weighted by molar-refractivity contribution is 9.10. The van der Waals surface area contributed by atoms with Crippen molar-refractivity contribution in [3.05, 3.63) is 50.6 Å². The highest BCUT2D eigenvalue weighted by atomic mass is 79.9. The molecule has 1 N–H and O–H groups in total. The average molecular weight is 353 g/mol. The molecule has 0 aliphatic carbocycles. The van der Waals surface area contributed by atoms with Crippen molar-refractivity contribution in [1.29, 1.82) is 0 Å². The lowest BCUT2D eigenvalue weighted by Gasteiger charge is -2.22. The van der Waals surface area contributed by atoms with E-state index in [-0.39, 0.29) is 0 Å². The smallest absolute Gasteiger partial charge is 0.0434 e. The zero-order valence-electron chi connectivity index (χ0n) is 12.0. The Morgan fingerprint density at radius 1 is 1.30 bits per heavy atom. The van der Waals surface area contributed by atoms with Gasteiger partial charge in [-0.2, -0.15) is 11.3 Å². The second-order valence-electron chi connectivity index (χ2n) is 4.94. The molecule has 1 aromatic carbocycles. The predicted molar refractivity (Wildman–Crippen MR) is 92.6 cm³/mol. The SMILES string of the molecule is CCCNCc1cc(Br)ccc1N(C)Cc1ccsc1. The van der Waals surface area contributed by atoms with E-state index in [4.69, 9.17) is 0 Å². The molecule has 20 heavy (non-hydrogen) atoms. The third kappa shape index (κ3) is 4.33. The van der Waals surface area contributed by atoms with E-state index in [9.17, 15) is 0 Å². The van der Waals surface area contributed by atoms with E-state index in [0.717, 1.165) is 30.5 Å². The lowest BCUT2D eigenvalue weighted by molar-refractivity contribution is 0.673. The normalized spacial score (nSPS) is 10.8. The second-order valence-corrected chi connectivity index (χ2v) is 6.63. The van der Waals surface area contributed by atoms with Crippen LogP contribution in [0.1, 0.15) is 24.5 Å². The van der Waals surface area contributed by atoms with Gasteiger partial charge in [-0.15, -0.1) is 0 Å². The van der Waals surface area contributed by atoms with Gasteiger partial charge in [-0.1, -0.05) is 22.9 Å². The number of hydrogen-bond donors (Lipinski definition) is 1. The van der Waals surface area contributed by atoms with E-state index in [0.29, 0.717) is 0 Å². The lowest BCUT2D eigenvalue weighted by atomic mass is 10.1. The topological polar surface area (TPSA) is 15.3 Å². The summed E-state index contributed by atoms with van der Waals surface area (Å²) in [5.74, 6) is 0. The number of thiophene rings is 1. The highest BCUT2D eigenvalue weighted by Crippen LogP contribution is 2.25. The molecule has 0 aliphatic rings. The molecule has 2 rings (SSSR count). The number of anilines is 1. The molecule has 108 valence electrons. The second kappa shape index (κ2) is 7.81. The molecule has 0 radical (unpaired) electrons. The first-order valence-corrected chi connectivity index (χ1v) is 8.65. The van der Waals surface area contributed by atoms with Crippen molar-refractivity contribution in [2.45, 2.75) is 26.4 Å². The molecule has 0 fully saturated rings. The average Bonchev–Trinajstić information content (AvgIpc) is 2.92. The van der Waals surface area contributed by atoms with Crippen LogP contribution in [0.15, 0.2) is 39.5 Å². The maximum Gasteiger partial charge on any atom is 0.0434 e. The third-order valence-electron chi connectivity index (χ3n) is 3.19. The maximum absolute atomic E-state index is 3.57. The Labute approximate surface area is 133 Å². The predicted octanol–water partition coefficient (Wildman–Crippen LogP) is 4.65. The van der Waals surface area contributed by atoms with Crippen LogP contribution in [0.25, 0.3) is 0 Å². The van der Waals surface area contributed by atoms with Crippen LogP contribution in [0, 0.1) is 0 Å². The van der Waals surface area contributed by atoms with Crippen LogP contribution < -0.4 is 10.2 Å². The van der Waals surface area contributed by atoms with Gasteiger partial charge >= 0.3 is 0 Å². The molecule has 0 unspecified atom stereocenters. The summed E-state index contributed by atoms with van der Waals surface area (Å²) in [7, 11) is 2.16. The number of halogens is 1. The van der Waals surface area contributed by atoms with Gasteiger partial charge in [0.05, 0.1) is 0 Å². The number of nitrogens with zero attached hydrogens (tertiary/aromatic N) is 1. The summed E-state index contributed by atoms with van der Waals surface area (Å²) in [6, 6.07) is 8.71. The van der Waals surface area contributed by atoms with Crippen molar-refractivity contribution < 1.29 is 0 Å². The van der Waals surface area contributed by atoms with Gasteiger partial charge in [0.25, 0.3) is 0 Å². The summed E-state index contributed by atoms with van der Waals surface area (Å²) in [6.45, 7) is 5.11. The van der Waals surface area contributed by atoms with Crippen LogP contribution >= 0.6 is 27.3 Å². The van der Waals surface area contributed by atoms with E-state index < -0.39 is 0 Å². The van der Waals surface area contributed by atoms with Crippen molar-refractivity contribution in [2.24, 2.45) is 0 Å². The molecule has 1 heterocycles. The fourth-order valence-corrected chi connectivity index (χ4v) is 3.28. The Kier molecular flexibility index (Phi) is 6.07. The van der Waals surface area contributed by atoms with Gasteiger partial charge < -0.3 is 10.2 Å². The summed E-state index contributed by atoms with van der Waals surface area (Å²) in [4.78, 5) is 2.32. The van der Waals surface area contributed by atoms with Gasteiger partial charge in [0.15, 0.2) is 0 Å². The molecule has 0 atom stereocenters. The summed E-state index contributed by atoms with van der Waals surface area (Å²) in [5.41, 5.74) is 4.00. The molecule has 0 aliphatic heterocycles. The first-order chi connectivity index (χ1) is 9.70. The minimum Gasteiger partial charge on any atom is -0.370 e. The molecule has 0 amide bonds. The zero-order valence-corrected chi connectivity index (χ0v) is 14.4. The number of nitrogens with one attached hydrogen (secondary N) is 1. The molecule has 1 aromatic heterocycles. The van der Waals surface area contributed by atoms with Crippen LogP contribution in [0.2, 0.25) is 0 Å². The van der Waals surface area contributed by atoms with Gasteiger partial charge in [0, 0.05) is 30.3 Å². The van der Waals surface area contributed by atoms with Gasteiger partial charge in [0.2, 0.25) is 0 Å². The van der Waals surface area contributed by atoms with Gasteiger partial charge in [-0.25, -0.2) is 0 Å². The zero-order chi connectivity index (χ0) is 14.4. The summed E-state index contributed by atoms with van der Waals surface area (Å²) >= 11 is 5.32. The number of rotatable bonds is 7. The molecule has 2 nitrogen and oxygen atoms in total. The van der Waals surface area contributed by atoms with Crippen LogP contribution in [-0.4, -0.2) is 13.6 Å². The first kappa shape index (κ1) is 15.5. The fraction of sp³-hybridized carbons (Fsp3) is 0.375. The van der Waals surface area contributed by atoms with Crippen molar-refractivity contribution >= 4 is 33.0 Å². The van der Waals surface area contributed by atoms with Crippen molar-refractivity contribution in [1.82, 2.24) is 5.32 Å². The quantitative estimate of drug-likeness (QED) is 0.729. The maximum atomic E-state index is 3.57. The summed E-state index contributed by atoms with van der Waals surface area (Å²) in [6.07, 6.45) is 1.16.